The van der Waals surface area contributed by atoms with E-state index in [1.807, 2.05) is 45.0 Å². The third kappa shape index (κ3) is 5.09. The second-order valence-electron chi connectivity index (χ2n) is 6.07. The fourth-order valence-corrected chi connectivity index (χ4v) is 2.44. The van der Waals surface area contributed by atoms with Crippen LogP contribution in [0.4, 0.5) is 0 Å². The number of hydrogen-bond acceptors (Lipinski definition) is 3. The van der Waals surface area contributed by atoms with E-state index in [0.29, 0.717) is 11.7 Å². The Morgan fingerprint density at radius 2 is 2.22 bits per heavy atom. The molecule has 122 valence electrons. The van der Waals surface area contributed by atoms with E-state index in [1.165, 1.54) is 0 Å². The standard InChI is InChI=1S/C19H24N2O2/c1-13(2)16-9-8-15(4)18(11-16)20-21-19(22)12-23-17-7-5-6-14(3)10-17/h5-8,10,16H,1,9,11-12H2,2-4H3,(H,21,22)/b20-18-/t16-/m0/s1. The van der Waals surface area contributed by atoms with Crippen LogP contribution in [0.1, 0.15) is 32.3 Å². The largest absolute Gasteiger partial charge is 0.484 e. The Labute approximate surface area is 137 Å². The van der Waals surface area contributed by atoms with E-state index in [9.17, 15) is 4.79 Å². The molecule has 1 aliphatic rings. The first-order valence-electron chi connectivity index (χ1n) is 7.83. The number of carbonyl (C=O) groups excluding carboxylic acids is 1. The summed E-state index contributed by atoms with van der Waals surface area (Å²) in [5.41, 5.74) is 6.85. The second-order valence-corrected chi connectivity index (χ2v) is 6.07. The van der Waals surface area contributed by atoms with E-state index in [4.69, 9.17) is 4.74 Å². The van der Waals surface area contributed by atoms with Crippen molar-refractivity contribution in [3.8, 4) is 5.75 Å². The number of benzene rings is 1. The number of hydrazone groups is 1. The predicted octanol–water partition coefficient (Wildman–Crippen LogP) is 3.78. The van der Waals surface area contributed by atoms with Gasteiger partial charge in [0.25, 0.3) is 5.91 Å². The van der Waals surface area contributed by atoms with E-state index in [0.717, 1.165) is 35.3 Å². The molecular formula is C19H24N2O2. The molecule has 1 atom stereocenters. The molecule has 0 fully saturated rings. The van der Waals surface area contributed by atoms with Crippen LogP contribution in [0.25, 0.3) is 0 Å². The monoisotopic (exact) mass is 312 g/mol. The van der Waals surface area contributed by atoms with E-state index in [2.05, 4.69) is 23.2 Å². The number of carbonyl (C=O) groups is 1. The first-order chi connectivity index (χ1) is 11.0. The molecule has 1 aromatic rings. The van der Waals surface area contributed by atoms with Crippen molar-refractivity contribution < 1.29 is 9.53 Å². The summed E-state index contributed by atoms with van der Waals surface area (Å²) < 4.78 is 5.46. The number of nitrogens with one attached hydrogen (secondary N) is 1. The molecule has 0 spiro atoms. The van der Waals surface area contributed by atoms with Gasteiger partial charge in [-0.25, -0.2) is 5.43 Å². The van der Waals surface area contributed by atoms with Crippen LogP contribution in [0, 0.1) is 12.8 Å². The SMILES string of the molecule is C=C(C)[C@H]1CC=C(C)/C(=N\NC(=O)COc2cccc(C)c2)C1. The van der Waals surface area contributed by atoms with Gasteiger partial charge in [-0.3, -0.25) is 4.79 Å². The molecule has 1 aromatic carbocycles. The maximum Gasteiger partial charge on any atom is 0.277 e. The van der Waals surface area contributed by atoms with Crippen molar-refractivity contribution in [1.29, 1.82) is 0 Å². The lowest BCUT2D eigenvalue weighted by atomic mass is 9.85. The Balaban J connectivity index is 1.88. The molecule has 1 amide bonds. The summed E-state index contributed by atoms with van der Waals surface area (Å²) in [5, 5.41) is 4.25. The minimum Gasteiger partial charge on any atom is -0.484 e. The molecule has 0 aromatic heterocycles. The number of nitrogens with zero attached hydrogens (tertiary/aromatic N) is 1. The van der Waals surface area contributed by atoms with Gasteiger partial charge in [-0.1, -0.05) is 30.4 Å². The van der Waals surface area contributed by atoms with Crippen molar-refractivity contribution in [3.63, 3.8) is 0 Å². The molecule has 0 saturated heterocycles. The highest BCUT2D eigenvalue weighted by Crippen LogP contribution is 2.26. The average Bonchev–Trinajstić information content (AvgIpc) is 2.52. The molecular weight excluding hydrogens is 288 g/mol. The van der Waals surface area contributed by atoms with Crippen molar-refractivity contribution in [2.75, 3.05) is 6.61 Å². The number of amides is 1. The quantitative estimate of drug-likeness (QED) is 0.664. The fraction of sp³-hybridized carbons (Fsp3) is 0.368. The van der Waals surface area contributed by atoms with Gasteiger partial charge in [0.1, 0.15) is 5.75 Å². The topological polar surface area (TPSA) is 50.7 Å². The number of aryl methyl sites for hydroxylation is 1. The highest BCUT2D eigenvalue weighted by atomic mass is 16.5. The number of rotatable bonds is 5. The minimum absolute atomic E-state index is 0.0487. The molecule has 4 heteroatoms. The number of hydrogen-bond donors (Lipinski definition) is 1. The zero-order valence-corrected chi connectivity index (χ0v) is 14.1. The average molecular weight is 312 g/mol. The molecule has 2 rings (SSSR count). The smallest absolute Gasteiger partial charge is 0.277 e. The first-order valence-corrected chi connectivity index (χ1v) is 7.83. The Bertz CT molecular complexity index is 659. The lowest BCUT2D eigenvalue weighted by Gasteiger charge is -2.22. The molecule has 0 heterocycles. The number of allylic oxidation sites excluding steroid dienone is 3. The van der Waals surface area contributed by atoms with E-state index in [1.54, 1.807) is 0 Å². The van der Waals surface area contributed by atoms with Crippen LogP contribution in [0.3, 0.4) is 0 Å². The summed E-state index contributed by atoms with van der Waals surface area (Å²) in [4.78, 5) is 11.9. The Morgan fingerprint density at radius 3 is 2.91 bits per heavy atom. The van der Waals surface area contributed by atoms with E-state index >= 15 is 0 Å². The molecule has 0 aliphatic heterocycles. The summed E-state index contributed by atoms with van der Waals surface area (Å²) >= 11 is 0. The molecule has 23 heavy (non-hydrogen) atoms. The van der Waals surface area contributed by atoms with Gasteiger partial charge in [0.2, 0.25) is 0 Å². The normalized spacial score (nSPS) is 19.2. The molecule has 1 aliphatic carbocycles. The fourth-order valence-electron chi connectivity index (χ4n) is 2.44. The van der Waals surface area contributed by atoms with Gasteiger partial charge in [-0.05, 0) is 62.8 Å². The van der Waals surface area contributed by atoms with Gasteiger partial charge in [0, 0.05) is 0 Å². The van der Waals surface area contributed by atoms with Crippen molar-refractivity contribution in [3.05, 3.63) is 53.6 Å². The van der Waals surface area contributed by atoms with Crippen LogP contribution in [-0.4, -0.2) is 18.2 Å². The second kappa shape index (κ2) is 7.77. The molecule has 0 radical (unpaired) electrons. The van der Waals surface area contributed by atoms with Crippen molar-refractivity contribution in [2.24, 2.45) is 11.0 Å². The molecule has 0 saturated carbocycles. The molecule has 0 unspecified atom stereocenters. The maximum atomic E-state index is 11.9. The molecule has 4 nitrogen and oxygen atoms in total. The van der Waals surface area contributed by atoms with Gasteiger partial charge in [0.15, 0.2) is 6.61 Å². The highest BCUT2D eigenvalue weighted by Gasteiger charge is 2.18. The van der Waals surface area contributed by atoms with Gasteiger partial charge >= 0.3 is 0 Å². The van der Waals surface area contributed by atoms with Crippen LogP contribution in [0.5, 0.6) is 5.75 Å². The Kier molecular flexibility index (Phi) is 5.74. The van der Waals surface area contributed by atoms with Gasteiger partial charge in [-0.15, -0.1) is 0 Å². The van der Waals surface area contributed by atoms with Crippen LogP contribution in [-0.2, 0) is 4.79 Å². The van der Waals surface area contributed by atoms with Crippen molar-refractivity contribution >= 4 is 11.6 Å². The van der Waals surface area contributed by atoms with Gasteiger partial charge in [0.05, 0.1) is 5.71 Å². The Hall–Kier alpha value is -2.36. The molecule has 0 bridgehead atoms. The maximum absolute atomic E-state index is 11.9. The Morgan fingerprint density at radius 1 is 1.43 bits per heavy atom. The van der Waals surface area contributed by atoms with Gasteiger partial charge < -0.3 is 4.74 Å². The summed E-state index contributed by atoms with van der Waals surface area (Å²) in [7, 11) is 0. The predicted molar refractivity (Wildman–Crippen MR) is 93.5 cm³/mol. The molecule has 1 N–H and O–H groups in total. The van der Waals surface area contributed by atoms with Crippen molar-refractivity contribution in [1.82, 2.24) is 5.43 Å². The van der Waals surface area contributed by atoms with Crippen LogP contribution in [0.15, 0.2) is 53.2 Å². The summed E-state index contributed by atoms with van der Waals surface area (Å²) in [6, 6.07) is 7.61. The number of ether oxygens (including phenoxy) is 1. The summed E-state index contributed by atoms with van der Waals surface area (Å²) in [6.45, 7) is 9.99. The van der Waals surface area contributed by atoms with E-state index < -0.39 is 0 Å². The lowest BCUT2D eigenvalue weighted by molar-refractivity contribution is -0.123. The van der Waals surface area contributed by atoms with Crippen LogP contribution < -0.4 is 10.2 Å². The third-order valence-electron chi connectivity index (χ3n) is 3.98. The summed E-state index contributed by atoms with van der Waals surface area (Å²) in [5.74, 6) is 0.825. The van der Waals surface area contributed by atoms with Crippen LogP contribution >= 0.6 is 0 Å². The zero-order valence-electron chi connectivity index (χ0n) is 14.1. The summed E-state index contributed by atoms with van der Waals surface area (Å²) in [6.07, 6.45) is 3.96. The zero-order chi connectivity index (χ0) is 16.8. The highest BCUT2D eigenvalue weighted by molar-refractivity contribution is 6.01. The first kappa shape index (κ1) is 17.0. The third-order valence-corrected chi connectivity index (χ3v) is 3.98. The van der Waals surface area contributed by atoms with Crippen LogP contribution in [0.2, 0.25) is 0 Å². The van der Waals surface area contributed by atoms with Crippen molar-refractivity contribution in [2.45, 2.75) is 33.6 Å². The van der Waals surface area contributed by atoms with Gasteiger partial charge in [-0.2, -0.15) is 5.10 Å². The lowest BCUT2D eigenvalue weighted by Crippen LogP contribution is -2.27. The van der Waals surface area contributed by atoms with E-state index in [-0.39, 0.29) is 12.5 Å². The minimum atomic E-state index is -0.260.